The molecule has 14 heavy (non-hydrogen) atoms. The average Bonchev–Trinajstić information content (AvgIpc) is 2.57. The smallest absolute Gasteiger partial charge is 0.259 e. The molecule has 2 rings (SSSR count). The Bertz CT molecular complexity index is 474. The first kappa shape index (κ1) is 10.0. The molecule has 0 radical (unpaired) electrons. The van der Waals surface area contributed by atoms with Crippen LogP contribution >= 0.6 is 38.5 Å². The quantitative estimate of drug-likeness (QED) is 0.725. The molecule has 0 saturated carbocycles. The number of nitrogens with zero attached hydrogens (tertiary/aromatic N) is 2. The van der Waals surface area contributed by atoms with E-state index in [1.807, 2.05) is 22.6 Å². The van der Waals surface area contributed by atoms with Gasteiger partial charge in [0.05, 0.1) is 10.0 Å². The van der Waals surface area contributed by atoms with Crippen molar-refractivity contribution in [1.82, 2.24) is 10.1 Å². The Hall–Kier alpha value is -0.500. The van der Waals surface area contributed by atoms with Crippen LogP contribution in [0.3, 0.4) is 0 Å². The summed E-state index contributed by atoms with van der Waals surface area (Å²) in [6.45, 7) is 0. The molecule has 0 saturated heterocycles. The van der Waals surface area contributed by atoms with E-state index in [0.29, 0.717) is 19.8 Å². The van der Waals surface area contributed by atoms with Gasteiger partial charge in [0.1, 0.15) is 5.82 Å². The average molecular weight is 369 g/mol. The van der Waals surface area contributed by atoms with Crippen LogP contribution in [0.4, 0.5) is 4.39 Å². The normalized spacial score (nSPS) is 10.5. The monoisotopic (exact) mass is 368 g/mol. The van der Waals surface area contributed by atoms with Gasteiger partial charge >= 0.3 is 0 Å². The molecule has 0 fully saturated rings. The Morgan fingerprint density at radius 3 is 2.86 bits per heavy atom. The van der Waals surface area contributed by atoms with Crippen molar-refractivity contribution in [2.24, 2.45) is 0 Å². The van der Waals surface area contributed by atoms with Crippen molar-refractivity contribution in [2.45, 2.75) is 0 Å². The third-order valence-corrected chi connectivity index (χ3v) is 2.83. The van der Waals surface area contributed by atoms with Crippen molar-refractivity contribution >= 4 is 38.5 Å². The maximum Gasteiger partial charge on any atom is 0.259 e. The lowest BCUT2D eigenvalue weighted by molar-refractivity contribution is 0.425. The fourth-order valence-corrected chi connectivity index (χ4v) is 1.74. The Balaban J connectivity index is 2.57. The summed E-state index contributed by atoms with van der Waals surface area (Å²) in [6, 6.07) is 4.65. The van der Waals surface area contributed by atoms with E-state index in [2.05, 4.69) is 26.1 Å². The van der Waals surface area contributed by atoms with E-state index in [9.17, 15) is 4.39 Å². The number of hydrogen-bond donors (Lipinski definition) is 0. The third kappa shape index (κ3) is 1.81. The van der Waals surface area contributed by atoms with Gasteiger partial charge in [-0.15, -0.1) is 0 Å². The zero-order valence-corrected chi connectivity index (χ0v) is 10.4. The van der Waals surface area contributed by atoms with Crippen molar-refractivity contribution in [3.63, 3.8) is 0 Å². The maximum absolute atomic E-state index is 13.1. The van der Waals surface area contributed by atoms with Crippen LogP contribution in [-0.2, 0) is 0 Å². The first-order valence-corrected chi connectivity index (χ1v) is 5.49. The largest absolute Gasteiger partial charge is 0.333 e. The Morgan fingerprint density at radius 1 is 1.43 bits per heavy atom. The van der Waals surface area contributed by atoms with E-state index in [-0.39, 0.29) is 5.82 Å². The molecule has 0 aliphatic rings. The van der Waals surface area contributed by atoms with Gasteiger partial charge < -0.3 is 4.52 Å². The molecule has 1 aromatic carbocycles. The molecular formula is C8H3BrFIN2O. The summed E-state index contributed by atoms with van der Waals surface area (Å²) in [6.07, 6.45) is 0. The number of rotatable bonds is 1. The molecule has 2 aromatic rings. The van der Waals surface area contributed by atoms with E-state index in [1.165, 1.54) is 6.07 Å². The second-order valence-corrected chi connectivity index (χ2v) is 4.23. The predicted molar refractivity (Wildman–Crippen MR) is 60.1 cm³/mol. The fraction of sp³-hybridized carbons (Fsp3) is 0. The lowest BCUT2D eigenvalue weighted by Crippen LogP contribution is -1.83. The van der Waals surface area contributed by atoms with Crippen LogP contribution in [0, 0.1) is 9.65 Å². The Morgan fingerprint density at radius 2 is 2.21 bits per heavy atom. The van der Waals surface area contributed by atoms with Gasteiger partial charge in [0.25, 0.3) is 5.89 Å². The molecule has 72 valence electrons. The van der Waals surface area contributed by atoms with Crippen molar-refractivity contribution in [1.29, 1.82) is 0 Å². The number of hydrogen-bond acceptors (Lipinski definition) is 3. The van der Waals surface area contributed by atoms with Gasteiger partial charge in [0.15, 0.2) is 0 Å². The molecule has 0 spiro atoms. The van der Waals surface area contributed by atoms with E-state index in [1.54, 1.807) is 12.1 Å². The summed E-state index contributed by atoms with van der Waals surface area (Å²) in [5, 5.41) is 3.62. The summed E-state index contributed by atoms with van der Waals surface area (Å²) in [7, 11) is 0. The van der Waals surface area contributed by atoms with Crippen molar-refractivity contribution in [2.75, 3.05) is 0 Å². The molecule has 0 atom stereocenters. The molecule has 0 bridgehead atoms. The Kier molecular flexibility index (Phi) is 2.82. The summed E-state index contributed by atoms with van der Waals surface area (Å²) in [5.74, 6) is -0.0449. The maximum atomic E-state index is 13.1. The minimum absolute atomic E-state index is 0.306. The van der Waals surface area contributed by atoms with Crippen molar-refractivity contribution in [3.8, 4) is 11.5 Å². The topological polar surface area (TPSA) is 38.9 Å². The zero-order valence-electron chi connectivity index (χ0n) is 6.67. The third-order valence-electron chi connectivity index (χ3n) is 1.58. The second-order valence-electron chi connectivity index (χ2n) is 2.47. The van der Waals surface area contributed by atoms with Crippen molar-refractivity contribution < 1.29 is 8.91 Å². The molecule has 0 aliphatic carbocycles. The number of halogens is 3. The van der Waals surface area contributed by atoms with Gasteiger partial charge in [-0.25, -0.2) is 4.39 Å². The minimum atomic E-state index is -0.351. The van der Waals surface area contributed by atoms with Gasteiger partial charge in [-0.05, 0) is 28.1 Å². The van der Waals surface area contributed by atoms with E-state index >= 15 is 0 Å². The van der Waals surface area contributed by atoms with Crippen LogP contribution in [0.25, 0.3) is 11.5 Å². The highest BCUT2D eigenvalue weighted by atomic mass is 127. The van der Waals surface area contributed by atoms with Crippen LogP contribution in [0.15, 0.2) is 27.2 Å². The highest BCUT2D eigenvalue weighted by molar-refractivity contribution is 14.1. The van der Waals surface area contributed by atoms with Gasteiger partial charge in [-0.2, -0.15) is 4.98 Å². The highest BCUT2D eigenvalue weighted by Gasteiger charge is 2.12. The molecule has 0 N–H and O–H groups in total. The van der Waals surface area contributed by atoms with Gasteiger partial charge in [0, 0.05) is 22.6 Å². The van der Waals surface area contributed by atoms with Crippen LogP contribution in [0.5, 0.6) is 0 Å². The molecule has 0 unspecified atom stereocenters. The number of benzene rings is 1. The Labute approximate surface area is 101 Å². The van der Waals surface area contributed by atoms with E-state index < -0.39 is 0 Å². The molecule has 1 aromatic heterocycles. The zero-order chi connectivity index (χ0) is 10.1. The molecule has 0 amide bonds. The van der Waals surface area contributed by atoms with E-state index in [4.69, 9.17) is 4.52 Å². The molecule has 1 heterocycles. The summed E-state index contributed by atoms with van der Waals surface area (Å²) in [5.41, 5.74) is 0.556. The molecule has 6 heteroatoms. The SMILES string of the molecule is Fc1cccc(-c2nc(I)no2)c1Br. The predicted octanol–water partition coefficient (Wildman–Crippen LogP) is 3.24. The van der Waals surface area contributed by atoms with Crippen LogP contribution in [0.2, 0.25) is 0 Å². The standard InChI is InChI=1S/C8H3BrFIN2O/c9-6-4(2-1-3-5(6)10)7-12-8(11)13-14-7/h1-3H. The minimum Gasteiger partial charge on any atom is -0.333 e. The first-order valence-electron chi connectivity index (χ1n) is 3.62. The summed E-state index contributed by atoms with van der Waals surface area (Å²) in [4.78, 5) is 4.00. The molecular weight excluding hydrogens is 366 g/mol. The lowest BCUT2D eigenvalue weighted by Gasteiger charge is -1.98. The first-order chi connectivity index (χ1) is 6.68. The van der Waals surface area contributed by atoms with Gasteiger partial charge in [-0.1, -0.05) is 11.2 Å². The van der Waals surface area contributed by atoms with Crippen LogP contribution in [0.1, 0.15) is 0 Å². The second kappa shape index (κ2) is 3.93. The van der Waals surface area contributed by atoms with Crippen LogP contribution in [-0.4, -0.2) is 10.1 Å². The highest BCUT2D eigenvalue weighted by Crippen LogP contribution is 2.28. The lowest BCUT2D eigenvalue weighted by atomic mass is 10.2. The molecule has 0 aliphatic heterocycles. The fourth-order valence-electron chi connectivity index (χ4n) is 0.984. The van der Waals surface area contributed by atoms with Gasteiger partial charge in [0.2, 0.25) is 3.83 Å². The molecule has 3 nitrogen and oxygen atoms in total. The number of aromatic nitrogens is 2. The summed E-state index contributed by atoms with van der Waals surface area (Å²) >= 11 is 5.04. The van der Waals surface area contributed by atoms with E-state index in [0.717, 1.165) is 0 Å². The van der Waals surface area contributed by atoms with Crippen molar-refractivity contribution in [3.05, 3.63) is 32.3 Å². The van der Waals surface area contributed by atoms with Crippen LogP contribution < -0.4 is 0 Å². The summed E-state index contributed by atoms with van der Waals surface area (Å²) < 4.78 is 18.9. The van der Waals surface area contributed by atoms with Gasteiger partial charge in [-0.3, -0.25) is 0 Å².